The van der Waals surface area contributed by atoms with Crippen LogP contribution in [0.5, 0.6) is 0 Å². The molecule has 1 N–H and O–H groups in total. The summed E-state index contributed by atoms with van der Waals surface area (Å²) in [7, 11) is 0. The van der Waals surface area contributed by atoms with Crippen LogP contribution in [-0.2, 0) is 4.79 Å². The second-order valence-electron chi connectivity index (χ2n) is 6.91. The first-order chi connectivity index (χ1) is 13.7. The number of nitrogens with one attached hydrogen (secondary N) is 1. The molecule has 1 saturated heterocycles. The lowest BCUT2D eigenvalue weighted by Crippen LogP contribution is -2.45. The number of benzene rings is 1. The number of aromatic nitrogens is 3. The zero-order chi connectivity index (χ0) is 19.3. The fourth-order valence-electron chi connectivity index (χ4n) is 3.49. The number of fused-ring (bicyclic) bond motifs is 1. The molecule has 3 aromatic rings. The summed E-state index contributed by atoms with van der Waals surface area (Å²) in [5.41, 5.74) is 0.949. The number of likely N-dealkylation sites (tertiary alicyclic amines) is 1. The molecule has 0 atom stereocenters. The van der Waals surface area contributed by atoms with Crippen LogP contribution in [0.4, 0.5) is 10.9 Å². The summed E-state index contributed by atoms with van der Waals surface area (Å²) in [4.78, 5) is 21.6. The molecule has 4 rings (SSSR count). The summed E-state index contributed by atoms with van der Waals surface area (Å²) < 4.78 is 1.11. The van der Waals surface area contributed by atoms with Gasteiger partial charge in [-0.25, -0.2) is 4.98 Å². The van der Waals surface area contributed by atoms with Gasteiger partial charge in [-0.15, -0.1) is 5.10 Å². The summed E-state index contributed by atoms with van der Waals surface area (Å²) >= 11 is 1.57. The van der Waals surface area contributed by atoms with Crippen LogP contribution < -0.4 is 10.2 Å². The molecule has 1 amide bonds. The summed E-state index contributed by atoms with van der Waals surface area (Å²) in [6, 6.07) is 12.2. The Labute approximate surface area is 168 Å². The zero-order valence-corrected chi connectivity index (χ0v) is 16.7. The number of piperidine rings is 1. The van der Waals surface area contributed by atoms with Crippen molar-refractivity contribution in [3.05, 3.63) is 42.6 Å². The van der Waals surface area contributed by atoms with Crippen molar-refractivity contribution in [3.63, 3.8) is 0 Å². The molecule has 28 heavy (non-hydrogen) atoms. The third kappa shape index (κ3) is 4.28. The average Bonchev–Trinajstić information content (AvgIpc) is 3.14. The number of thiazole rings is 1. The van der Waals surface area contributed by atoms with E-state index in [0.717, 1.165) is 47.1 Å². The Hall–Kier alpha value is -2.58. The number of nitrogens with zero attached hydrogens (tertiary/aromatic N) is 5. The molecule has 8 heteroatoms. The largest absolute Gasteiger partial charge is 0.366 e. The van der Waals surface area contributed by atoms with Gasteiger partial charge in [0.25, 0.3) is 0 Å². The molecule has 0 spiro atoms. The highest BCUT2D eigenvalue weighted by Crippen LogP contribution is 2.28. The van der Waals surface area contributed by atoms with Gasteiger partial charge in [-0.05, 0) is 44.0 Å². The molecule has 7 nitrogen and oxygen atoms in total. The van der Waals surface area contributed by atoms with E-state index in [2.05, 4.69) is 25.4 Å². The van der Waals surface area contributed by atoms with E-state index < -0.39 is 0 Å². The molecule has 2 aromatic heterocycles. The first-order valence-corrected chi connectivity index (χ1v) is 10.5. The Morgan fingerprint density at radius 1 is 1.25 bits per heavy atom. The Kier molecular flexibility index (Phi) is 5.78. The SMILES string of the molecule is CCN(C(=O)CN1CCC(Nc2cccnn2)CC1)c1nc2ccccc2s1. The number of likely N-dealkylation sites (N-methyl/N-ethyl adjacent to an activating group) is 1. The predicted molar refractivity (Wildman–Crippen MR) is 113 cm³/mol. The molecule has 1 aliphatic heterocycles. The lowest BCUT2D eigenvalue weighted by Gasteiger charge is -2.33. The van der Waals surface area contributed by atoms with E-state index in [4.69, 9.17) is 0 Å². The molecule has 1 aliphatic rings. The van der Waals surface area contributed by atoms with Crippen LogP contribution in [-0.4, -0.2) is 58.2 Å². The van der Waals surface area contributed by atoms with E-state index in [1.807, 2.05) is 43.3 Å². The van der Waals surface area contributed by atoms with Crippen LogP contribution in [0.15, 0.2) is 42.6 Å². The fourth-order valence-corrected chi connectivity index (χ4v) is 4.54. The Morgan fingerprint density at radius 3 is 2.79 bits per heavy atom. The standard InChI is InChI=1S/C20H24N6OS/c1-2-26(20-23-16-6-3-4-7-17(16)28-20)19(27)14-25-12-9-15(10-13-25)22-18-8-5-11-21-24-18/h3-8,11,15H,2,9-10,12-14H2,1H3,(H,22,24). The molecule has 0 aliphatic carbocycles. The maximum atomic E-state index is 12.9. The minimum Gasteiger partial charge on any atom is -0.366 e. The number of hydrogen-bond acceptors (Lipinski definition) is 7. The van der Waals surface area contributed by atoms with Crippen LogP contribution >= 0.6 is 11.3 Å². The monoisotopic (exact) mass is 396 g/mol. The van der Waals surface area contributed by atoms with Crippen LogP contribution in [0.2, 0.25) is 0 Å². The fraction of sp³-hybridized carbons (Fsp3) is 0.400. The number of hydrogen-bond donors (Lipinski definition) is 1. The Balaban J connectivity index is 1.33. The van der Waals surface area contributed by atoms with E-state index >= 15 is 0 Å². The first-order valence-electron chi connectivity index (χ1n) is 9.65. The number of amides is 1. The third-order valence-corrected chi connectivity index (χ3v) is 6.06. The average molecular weight is 397 g/mol. The quantitative estimate of drug-likeness (QED) is 0.690. The van der Waals surface area contributed by atoms with Crippen molar-refractivity contribution in [3.8, 4) is 0 Å². The second-order valence-corrected chi connectivity index (χ2v) is 7.91. The predicted octanol–water partition coefficient (Wildman–Crippen LogP) is 3.02. The van der Waals surface area contributed by atoms with Crippen molar-refractivity contribution in [1.82, 2.24) is 20.1 Å². The van der Waals surface area contributed by atoms with Gasteiger partial charge >= 0.3 is 0 Å². The minimum absolute atomic E-state index is 0.113. The van der Waals surface area contributed by atoms with Crippen molar-refractivity contribution in [2.75, 3.05) is 36.4 Å². The van der Waals surface area contributed by atoms with Gasteiger partial charge in [-0.3, -0.25) is 14.6 Å². The van der Waals surface area contributed by atoms with Crippen LogP contribution in [0, 0.1) is 0 Å². The van der Waals surface area contributed by atoms with E-state index in [0.29, 0.717) is 19.1 Å². The normalized spacial score (nSPS) is 15.6. The molecule has 1 aromatic carbocycles. The smallest absolute Gasteiger partial charge is 0.242 e. The molecule has 0 unspecified atom stereocenters. The molecule has 0 radical (unpaired) electrons. The van der Waals surface area contributed by atoms with Crippen molar-refractivity contribution in [2.45, 2.75) is 25.8 Å². The van der Waals surface area contributed by atoms with E-state index in [1.165, 1.54) is 0 Å². The summed E-state index contributed by atoms with van der Waals surface area (Å²) in [6.07, 6.45) is 3.64. The summed E-state index contributed by atoms with van der Waals surface area (Å²) in [5.74, 6) is 0.923. The zero-order valence-electron chi connectivity index (χ0n) is 15.9. The van der Waals surface area contributed by atoms with Crippen LogP contribution in [0.1, 0.15) is 19.8 Å². The van der Waals surface area contributed by atoms with E-state index in [1.54, 1.807) is 22.4 Å². The lowest BCUT2D eigenvalue weighted by atomic mass is 10.1. The molecule has 3 heterocycles. The number of carbonyl (C=O) groups is 1. The molecule has 0 bridgehead atoms. The molecule has 146 valence electrons. The van der Waals surface area contributed by atoms with Gasteiger partial charge in [0.1, 0.15) is 5.82 Å². The van der Waals surface area contributed by atoms with Gasteiger partial charge < -0.3 is 5.32 Å². The van der Waals surface area contributed by atoms with Crippen LogP contribution in [0.3, 0.4) is 0 Å². The van der Waals surface area contributed by atoms with E-state index in [9.17, 15) is 4.79 Å². The number of anilines is 2. The van der Waals surface area contributed by atoms with Crippen molar-refractivity contribution >= 4 is 38.4 Å². The third-order valence-electron chi connectivity index (χ3n) is 5.00. The highest BCUT2D eigenvalue weighted by atomic mass is 32.1. The van der Waals surface area contributed by atoms with Gasteiger partial charge in [-0.1, -0.05) is 23.5 Å². The Bertz CT molecular complexity index is 890. The van der Waals surface area contributed by atoms with E-state index in [-0.39, 0.29) is 5.91 Å². The topological polar surface area (TPSA) is 74.2 Å². The van der Waals surface area contributed by atoms with Crippen molar-refractivity contribution < 1.29 is 4.79 Å². The van der Waals surface area contributed by atoms with Gasteiger partial charge in [0.2, 0.25) is 5.91 Å². The number of carbonyl (C=O) groups excluding carboxylic acids is 1. The summed E-state index contributed by atoms with van der Waals surface area (Å²) in [6.45, 7) is 4.84. The first kappa shape index (κ1) is 18.8. The molecular weight excluding hydrogens is 372 g/mol. The maximum absolute atomic E-state index is 12.9. The molecular formula is C20H24N6OS. The molecule has 1 fully saturated rings. The van der Waals surface area contributed by atoms with Gasteiger partial charge in [0.15, 0.2) is 5.13 Å². The van der Waals surface area contributed by atoms with Crippen molar-refractivity contribution in [1.29, 1.82) is 0 Å². The number of rotatable bonds is 6. The van der Waals surface area contributed by atoms with Crippen LogP contribution in [0.25, 0.3) is 10.2 Å². The number of para-hydroxylation sites is 1. The van der Waals surface area contributed by atoms with Gasteiger partial charge in [0.05, 0.1) is 16.8 Å². The Morgan fingerprint density at radius 2 is 2.07 bits per heavy atom. The lowest BCUT2D eigenvalue weighted by molar-refractivity contribution is -0.119. The molecule has 0 saturated carbocycles. The summed E-state index contributed by atoms with van der Waals surface area (Å²) in [5, 5.41) is 12.2. The second kappa shape index (κ2) is 8.62. The highest BCUT2D eigenvalue weighted by molar-refractivity contribution is 7.22. The van der Waals surface area contributed by atoms with Gasteiger partial charge in [-0.2, -0.15) is 5.10 Å². The maximum Gasteiger partial charge on any atom is 0.242 e. The minimum atomic E-state index is 0.113. The highest BCUT2D eigenvalue weighted by Gasteiger charge is 2.24. The van der Waals surface area contributed by atoms with Crippen molar-refractivity contribution in [2.24, 2.45) is 0 Å². The van der Waals surface area contributed by atoms with Gasteiger partial charge in [0, 0.05) is 31.9 Å².